The average Bonchev–Trinajstić information content (AvgIpc) is 2.94. The molecule has 6 heteroatoms. The highest BCUT2D eigenvalue weighted by Gasteiger charge is 2.19. The monoisotopic (exact) mass is 340 g/mol. The topological polar surface area (TPSA) is 50.8 Å². The van der Waals surface area contributed by atoms with Crippen LogP contribution in [-0.2, 0) is 11.3 Å². The summed E-state index contributed by atoms with van der Waals surface area (Å²) in [4.78, 5) is 13.5. The van der Waals surface area contributed by atoms with Crippen molar-refractivity contribution < 1.29 is 14.3 Å². The van der Waals surface area contributed by atoms with Crippen LogP contribution in [0.5, 0.6) is 11.5 Å². The second-order valence-electron chi connectivity index (χ2n) is 5.54. The first-order chi connectivity index (χ1) is 11.2. The number of amides is 1. The zero-order valence-electron chi connectivity index (χ0n) is 13.9. The standard InChI is InChI=1S/C17H25ClN2O3/c1-3-23-17-13(10-14(18)11-15(17)22-2)12-19-7-5-9-20-8-4-6-16(20)21/h10-11,19H,3-9,12H2,1-2H3. The number of methoxy groups -OCH3 is 1. The van der Waals surface area contributed by atoms with Crippen molar-refractivity contribution in [1.29, 1.82) is 0 Å². The maximum atomic E-state index is 11.5. The molecule has 0 unspecified atom stereocenters. The van der Waals surface area contributed by atoms with Gasteiger partial charge in [0, 0.05) is 42.7 Å². The number of halogens is 1. The summed E-state index contributed by atoms with van der Waals surface area (Å²) in [5.41, 5.74) is 0.980. The molecule has 0 aromatic heterocycles. The summed E-state index contributed by atoms with van der Waals surface area (Å²) >= 11 is 6.14. The van der Waals surface area contributed by atoms with Crippen LogP contribution >= 0.6 is 11.6 Å². The Labute approximate surface area is 142 Å². The molecule has 0 atom stereocenters. The van der Waals surface area contributed by atoms with Gasteiger partial charge in [-0.2, -0.15) is 0 Å². The number of nitrogens with zero attached hydrogens (tertiary/aromatic N) is 1. The van der Waals surface area contributed by atoms with Crippen LogP contribution in [-0.4, -0.2) is 44.2 Å². The van der Waals surface area contributed by atoms with Crippen LogP contribution in [0.2, 0.25) is 5.02 Å². The highest BCUT2D eigenvalue weighted by atomic mass is 35.5. The second-order valence-corrected chi connectivity index (χ2v) is 5.98. The molecule has 0 bridgehead atoms. The molecule has 23 heavy (non-hydrogen) atoms. The van der Waals surface area contributed by atoms with E-state index in [-0.39, 0.29) is 5.91 Å². The Morgan fingerprint density at radius 1 is 1.39 bits per heavy atom. The maximum absolute atomic E-state index is 11.5. The lowest BCUT2D eigenvalue weighted by atomic mass is 10.1. The molecule has 1 aliphatic rings. The molecule has 0 radical (unpaired) electrons. The molecule has 0 saturated carbocycles. The molecule has 2 rings (SSSR count). The quantitative estimate of drug-likeness (QED) is 0.702. The van der Waals surface area contributed by atoms with Gasteiger partial charge in [-0.25, -0.2) is 0 Å². The van der Waals surface area contributed by atoms with Crippen LogP contribution in [0.15, 0.2) is 12.1 Å². The third-order valence-corrected chi connectivity index (χ3v) is 4.09. The fourth-order valence-corrected chi connectivity index (χ4v) is 3.00. The van der Waals surface area contributed by atoms with E-state index in [9.17, 15) is 4.79 Å². The van der Waals surface area contributed by atoms with E-state index < -0.39 is 0 Å². The van der Waals surface area contributed by atoms with Gasteiger partial charge >= 0.3 is 0 Å². The van der Waals surface area contributed by atoms with E-state index in [0.717, 1.165) is 43.8 Å². The molecule has 1 saturated heterocycles. The summed E-state index contributed by atoms with van der Waals surface area (Å²) in [6.07, 6.45) is 2.63. The minimum absolute atomic E-state index is 0.281. The molecule has 1 heterocycles. The van der Waals surface area contributed by atoms with Crippen LogP contribution in [0.1, 0.15) is 31.7 Å². The largest absolute Gasteiger partial charge is 0.493 e. The Morgan fingerprint density at radius 3 is 2.87 bits per heavy atom. The highest BCUT2D eigenvalue weighted by Crippen LogP contribution is 2.34. The predicted octanol–water partition coefficient (Wildman–Crippen LogP) is 2.85. The van der Waals surface area contributed by atoms with Gasteiger partial charge in [-0.1, -0.05) is 11.6 Å². The summed E-state index contributed by atoms with van der Waals surface area (Å²) in [7, 11) is 1.61. The van der Waals surface area contributed by atoms with Crippen molar-refractivity contribution in [3.8, 4) is 11.5 Å². The van der Waals surface area contributed by atoms with E-state index in [2.05, 4.69) is 5.32 Å². The summed E-state index contributed by atoms with van der Waals surface area (Å²) in [6, 6.07) is 3.65. The van der Waals surface area contributed by atoms with Gasteiger partial charge in [0.1, 0.15) is 0 Å². The van der Waals surface area contributed by atoms with E-state index in [1.807, 2.05) is 17.9 Å². The van der Waals surface area contributed by atoms with Crippen LogP contribution in [0.3, 0.4) is 0 Å². The maximum Gasteiger partial charge on any atom is 0.222 e. The van der Waals surface area contributed by atoms with Gasteiger partial charge in [-0.05, 0) is 32.4 Å². The lowest BCUT2D eigenvalue weighted by Crippen LogP contribution is -2.28. The first kappa shape index (κ1) is 17.9. The van der Waals surface area contributed by atoms with Gasteiger partial charge in [0.2, 0.25) is 5.91 Å². The Hall–Kier alpha value is -1.46. The zero-order valence-corrected chi connectivity index (χ0v) is 14.6. The van der Waals surface area contributed by atoms with Gasteiger partial charge in [0.25, 0.3) is 0 Å². The number of carbonyl (C=O) groups is 1. The van der Waals surface area contributed by atoms with Gasteiger partial charge in [-0.3, -0.25) is 4.79 Å². The van der Waals surface area contributed by atoms with Crippen LogP contribution in [0, 0.1) is 0 Å². The van der Waals surface area contributed by atoms with E-state index in [4.69, 9.17) is 21.1 Å². The number of carbonyl (C=O) groups excluding carboxylic acids is 1. The van der Waals surface area contributed by atoms with E-state index in [1.165, 1.54) is 0 Å². The Kier molecular flexibility index (Phi) is 6.99. The lowest BCUT2D eigenvalue weighted by Gasteiger charge is -2.17. The summed E-state index contributed by atoms with van der Waals surface area (Å²) < 4.78 is 11.0. The average molecular weight is 341 g/mol. The number of hydrogen-bond donors (Lipinski definition) is 1. The number of nitrogens with one attached hydrogen (secondary N) is 1. The van der Waals surface area contributed by atoms with Crippen LogP contribution in [0.25, 0.3) is 0 Å². The summed E-state index contributed by atoms with van der Waals surface area (Å²) in [5, 5.41) is 4.02. The second kappa shape index (κ2) is 8.99. The Bertz CT molecular complexity index is 537. The normalized spacial score (nSPS) is 14.4. The number of likely N-dealkylation sites (tertiary alicyclic amines) is 1. The van der Waals surface area contributed by atoms with Gasteiger partial charge in [-0.15, -0.1) is 0 Å². The van der Waals surface area contributed by atoms with E-state index >= 15 is 0 Å². The molecule has 1 N–H and O–H groups in total. The molecule has 5 nitrogen and oxygen atoms in total. The van der Waals surface area contributed by atoms with Crippen LogP contribution in [0.4, 0.5) is 0 Å². The molecular weight excluding hydrogens is 316 g/mol. The van der Waals surface area contributed by atoms with Crippen molar-refractivity contribution in [2.75, 3.05) is 33.4 Å². The number of hydrogen-bond acceptors (Lipinski definition) is 4. The van der Waals surface area contributed by atoms with Crippen molar-refractivity contribution in [3.05, 3.63) is 22.7 Å². The predicted molar refractivity (Wildman–Crippen MR) is 91.3 cm³/mol. The highest BCUT2D eigenvalue weighted by molar-refractivity contribution is 6.30. The third-order valence-electron chi connectivity index (χ3n) is 3.87. The summed E-state index contributed by atoms with van der Waals surface area (Å²) in [5.74, 6) is 1.67. The van der Waals surface area contributed by atoms with Crippen molar-refractivity contribution >= 4 is 17.5 Å². The SMILES string of the molecule is CCOc1c(CNCCCN2CCCC2=O)cc(Cl)cc1OC. The molecule has 0 spiro atoms. The number of benzene rings is 1. The Balaban J connectivity index is 1.84. The first-order valence-electron chi connectivity index (χ1n) is 8.13. The molecular formula is C17H25ClN2O3. The van der Waals surface area contributed by atoms with Crippen molar-refractivity contribution in [3.63, 3.8) is 0 Å². The van der Waals surface area contributed by atoms with Crippen molar-refractivity contribution in [1.82, 2.24) is 10.2 Å². The molecule has 128 valence electrons. The third kappa shape index (κ3) is 5.01. The molecule has 1 amide bonds. The molecule has 1 fully saturated rings. The molecule has 1 aliphatic heterocycles. The van der Waals surface area contributed by atoms with Crippen LogP contribution < -0.4 is 14.8 Å². The minimum atomic E-state index is 0.281. The molecule has 1 aromatic carbocycles. The van der Waals surface area contributed by atoms with E-state index in [0.29, 0.717) is 30.3 Å². The van der Waals surface area contributed by atoms with Crippen molar-refractivity contribution in [2.24, 2.45) is 0 Å². The summed E-state index contributed by atoms with van der Waals surface area (Å²) in [6.45, 7) is 5.73. The van der Waals surface area contributed by atoms with E-state index in [1.54, 1.807) is 13.2 Å². The van der Waals surface area contributed by atoms with Gasteiger partial charge < -0.3 is 19.7 Å². The lowest BCUT2D eigenvalue weighted by molar-refractivity contribution is -0.127. The van der Waals surface area contributed by atoms with Gasteiger partial charge in [0.05, 0.1) is 13.7 Å². The zero-order chi connectivity index (χ0) is 16.7. The van der Waals surface area contributed by atoms with Crippen molar-refractivity contribution in [2.45, 2.75) is 32.7 Å². The van der Waals surface area contributed by atoms with Gasteiger partial charge in [0.15, 0.2) is 11.5 Å². The number of rotatable bonds is 9. The fraction of sp³-hybridized carbons (Fsp3) is 0.588. The molecule has 1 aromatic rings. The minimum Gasteiger partial charge on any atom is -0.493 e. The smallest absolute Gasteiger partial charge is 0.222 e. The number of ether oxygens (including phenoxy) is 2. The first-order valence-corrected chi connectivity index (χ1v) is 8.51. The fourth-order valence-electron chi connectivity index (χ4n) is 2.77. The Morgan fingerprint density at radius 2 is 2.22 bits per heavy atom. The molecule has 0 aliphatic carbocycles.